The zero-order valence-electron chi connectivity index (χ0n) is 7.22. The first-order valence-electron chi connectivity index (χ1n) is 3.83. The fourth-order valence-corrected chi connectivity index (χ4v) is 0.708. The zero-order valence-corrected chi connectivity index (χ0v) is 7.22. The molecule has 0 saturated carbocycles. The molecule has 0 radical (unpaired) electrons. The van der Waals surface area contributed by atoms with Gasteiger partial charge in [0.05, 0.1) is 12.8 Å². The van der Waals surface area contributed by atoms with E-state index in [1.54, 1.807) is 6.20 Å². The molecule has 1 rings (SSSR count). The number of nitrogens with one attached hydrogen (secondary N) is 1. The monoisotopic (exact) mass is 154 g/mol. The standard InChI is InChI=1S/C8H14N2O/c1-6(2)5-11-8-9-4-7(3)10-8/h4,6H,5H2,1-3H3,(H,9,10). The van der Waals surface area contributed by atoms with Crippen LogP contribution in [-0.2, 0) is 0 Å². The van der Waals surface area contributed by atoms with Gasteiger partial charge < -0.3 is 9.72 Å². The predicted molar refractivity (Wildman–Crippen MR) is 43.7 cm³/mol. The van der Waals surface area contributed by atoms with Crippen LogP contribution in [0.3, 0.4) is 0 Å². The Bertz CT molecular complexity index is 218. The summed E-state index contributed by atoms with van der Waals surface area (Å²) in [4.78, 5) is 7.01. The smallest absolute Gasteiger partial charge is 0.293 e. The van der Waals surface area contributed by atoms with E-state index in [4.69, 9.17) is 4.74 Å². The van der Waals surface area contributed by atoms with Crippen molar-refractivity contribution >= 4 is 0 Å². The molecule has 0 saturated heterocycles. The minimum Gasteiger partial charge on any atom is -0.465 e. The number of imidazole rings is 1. The maximum Gasteiger partial charge on any atom is 0.293 e. The van der Waals surface area contributed by atoms with Gasteiger partial charge in [-0.2, -0.15) is 0 Å². The highest BCUT2D eigenvalue weighted by atomic mass is 16.5. The Labute approximate surface area is 66.8 Å². The molecule has 0 spiro atoms. The summed E-state index contributed by atoms with van der Waals surface area (Å²) in [7, 11) is 0. The number of aromatic nitrogens is 2. The molecule has 0 aromatic carbocycles. The fraction of sp³-hybridized carbons (Fsp3) is 0.625. The SMILES string of the molecule is Cc1cnc(OCC(C)C)[nH]1. The van der Waals surface area contributed by atoms with Crippen LogP contribution in [0.1, 0.15) is 19.5 Å². The number of ether oxygens (including phenoxy) is 1. The van der Waals surface area contributed by atoms with Crippen molar-refractivity contribution < 1.29 is 4.74 Å². The molecule has 1 heterocycles. The van der Waals surface area contributed by atoms with Crippen molar-refractivity contribution in [3.05, 3.63) is 11.9 Å². The van der Waals surface area contributed by atoms with Gasteiger partial charge in [-0.25, -0.2) is 4.98 Å². The molecule has 1 N–H and O–H groups in total. The summed E-state index contributed by atoms with van der Waals surface area (Å²) in [5, 5.41) is 0. The summed E-state index contributed by atoms with van der Waals surface area (Å²) in [6.07, 6.45) is 1.76. The highest BCUT2D eigenvalue weighted by Crippen LogP contribution is 2.04. The van der Waals surface area contributed by atoms with E-state index < -0.39 is 0 Å². The highest BCUT2D eigenvalue weighted by Gasteiger charge is 1.98. The van der Waals surface area contributed by atoms with Gasteiger partial charge in [-0.3, -0.25) is 0 Å². The quantitative estimate of drug-likeness (QED) is 0.720. The summed E-state index contributed by atoms with van der Waals surface area (Å²) < 4.78 is 5.32. The van der Waals surface area contributed by atoms with Gasteiger partial charge in [0, 0.05) is 5.69 Å². The Morgan fingerprint density at radius 1 is 1.64 bits per heavy atom. The molecule has 62 valence electrons. The molecule has 0 unspecified atom stereocenters. The van der Waals surface area contributed by atoms with Gasteiger partial charge >= 0.3 is 0 Å². The van der Waals surface area contributed by atoms with Gasteiger partial charge in [-0.1, -0.05) is 13.8 Å². The first-order chi connectivity index (χ1) is 5.18. The maximum absolute atomic E-state index is 5.32. The molecule has 0 aliphatic carbocycles. The van der Waals surface area contributed by atoms with E-state index in [-0.39, 0.29) is 0 Å². The lowest BCUT2D eigenvalue weighted by molar-refractivity contribution is 0.253. The second-order valence-corrected chi connectivity index (χ2v) is 3.08. The summed E-state index contributed by atoms with van der Waals surface area (Å²) in [6.45, 7) is 6.88. The van der Waals surface area contributed by atoms with E-state index in [0.717, 1.165) is 5.69 Å². The Morgan fingerprint density at radius 3 is 2.82 bits per heavy atom. The van der Waals surface area contributed by atoms with Gasteiger partial charge in [-0.15, -0.1) is 0 Å². The Kier molecular flexibility index (Phi) is 2.52. The highest BCUT2D eigenvalue weighted by molar-refractivity contribution is 5.02. The summed E-state index contributed by atoms with van der Waals surface area (Å²) >= 11 is 0. The van der Waals surface area contributed by atoms with Gasteiger partial charge in [0.25, 0.3) is 6.01 Å². The number of rotatable bonds is 3. The molecule has 0 atom stereocenters. The van der Waals surface area contributed by atoms with E-state index in [0.29, 0.717) is 18.5 Å². The van der Waals surface area contributed by atoms with Crippen molar-refractivity contribution in [3.8, 4) is 6.01 Å². The molecule has 0 aliphatic heterocycles. The van der Waals surface area contributed by atoms with Gasteiger partial charge in [0.15, 0.2) is 0 Å². The second kappa shape index (κ2) is 3.42. The normalized spacial score (nSPS) is 10.5. The van der Waals surface area contributed by atoms with Crippen LogP contribution in [0.15, 0.2) is 6.20 Å². The lowest BCUT2D eigenvalue weighted by Gasteiger charge is -2.03. The molecular formula is C8H14N2O. The van der Waals surface area contributed by atoms with Gasteiger partial charge in [0.2, 0.25) is 0 Å². The predicted octanol–water partition coefficient (Wildman–Crippen LogP) is 1.75. The summed E-state index contributed by atoms with van der Waals surface area (Å²) in [5.74, 6) is 0.542. The van der Waals surface area contributed by atoms with E-state index in [1.165, 1.54) is 0 Å². The summed E-state index contributed by atoms with van der Waals surface area (Å²) in [5.41, 5.74) is 1.03. The number of aryl methyl sites for hydroxylation is 1. The molecule has 0 bridgehead atoms. The second-order valence-electron chi connectivity index (χ2n) is 3.08. The number of nitrogens with zero attached hydrogens (tertiary/aromatic N) is 1. The average molecular weight is 154 g/mol. The van der Waals surface area contributed by atoms with Crippen LogP contribution in [0.2, 0.25) is 0 Å². The van der Waals surface area contributed by atoms with Crippen molar-refractivity contribution in [3.63, 3.8) is 0 Å². The first-order valence-corrected chi connectivity index (χ1v) is 3.83. The van der Waals surface area contributed by atoms with E-state index >= 15 is 0 Å². The Balaban J connectivity index is 2.39. The largest absolute Gasteiger partial charge is 0.465 e. The zero-order chi connectivity index (χ0) is 8.27. The number of aromatic amines is 1. The molecule has 1 aromatic rings. The third-order valence-corrected chi connectivity index (χ3v) is 1.23. The minimum absolute atomic E-state index is 0.542. The molecule has 3 nitrogen and oxygen atoms in total. The maximum atomic E-state index is 5.32. The summed E-state index contributed by atoms with van der Waals surface area (Å²) in [6, 6.07) is 0.621. The molecular weight excluding hydrogens is 140 g/mol. The van der Waals surface area contributed by atoms with Crippen molar-refractivity contribution in [1.29, 1.82) is 0 Å². The third-order valence-electron chi connectivity index (χ3n) is 1.23. The Hall–Kier alpha value is -0.990. The topological polar surface area (TPSA) is 37.9 Å². The van der Waals surface area contributed by atoms with Crippen molar-refractivity contribution in [1.82, 2.24) is 9.97 Å². The van der Waals surface area contributed by atoms with Gasteiger partial charge in [-0.05, 0) is 12.8 Å². The van der Waals surface area contributed by atoms with Crippen molar-refractivity contribution in [2.75, 3.05) is 6.61 Å². The lowest BCUT2D eigenvalue weighted by atomic mass is 10.2. The van der Waals surface area contributed by atoms with E-state index in [9.17, 15) is 0 Å². The molecule has 0 aliphatic rings. The number of hydrogen-bond acceptors (Lipinski definition) is 2. The fourth-order valence-electron chi connectivity index (χ4n) is 0.708. The van der Waals surface area contributed by atoms with Crippen LogP contribution in [-0.4, -0.2) is 16.6 Å². The van der Waals surface area contributed by atoms with Gasteiger partial charge in [0.1, 0.15) is 0 Å². The van der Waals surface area contributed by atoms with Crippen LogP contribution in [0.5, 0.6) is 6.01 Å². The first kappa shape index (κ1) is 8.11. The molecule has 1 aromatic heterocycles. The molecule has 11 heavy (non-hydrogen) atoms. The van der Waals surface area contributed by atoms with Crippen molar-refractivity contribution in [2.24, 2.45) is 5.92 Å². The lowest BCUT2D eigenvalue weighted by Crippen LogP contribution is -2.05. The van der Waals surface area contributed by atoms with Crippen LogP contribution >= 0.6 is 0 Å². The van der Waals surface area contributed by atoms with Crippen LogP contribution < -0.4 is 4.74 Å². The van der Waals surface area contributed by atoms with E-state index in [2.05, 4.69) is 23.8 Å². The number of H-pyrrole nitrogens is 1. The molecule has 0 amide bonds. The molecule has 0 fully saturated rings. The third kappa shape index (κ3) is 2.62. The molecule has 3 heteroatoms. The minimum atomic E-state index is 0.542. The van der Waals surface area contributed by atoms with Crippen LogP contribution in [0.25, 0.3) is 0 Å². The van der Waals surface area contributed by atoms with Crippen LogP contribution in [0.4, 0.5) is 0 Å². The van der Waals surface area contributed by atoms with Crippen molar-refractivity contribution in [2.45, 2.75) is 20.8 Å². The Morgan fingerprint density at radius 2 is 2.36 bits per heavy atom. The average Bonchev–Trinajstić information content (AvgIpc) is 2.31. The van der Waals surface area contributed by atoms with E-state index in [1.807, 2.05) is 6.92 Å². The van der Waals surface area contributed by atoms with Crippen LogP contribution in [0, 0.1) is 12.8 Å². The number of hydrogen-bond donors (Lipinski definition) is 1.